The maximum absolute atomic E-state index is 13.2. The molecule has 0 aliphatic carbocycles. The summed E-state index contributed by atoms with van der Waals surface area (Å²) in [5.74, 6) is -0.276. The van der Waals surface area contributed by atoms with E-state index in [4.69, 9.17) is 11.5 Å². The summed E-state index contributed by atoms with van der Waals surface area (Å²) in [5.41, 5.74) is 4.51. The SMILES string of the molecule is NCCC(c1ccc(OC(N)=O)cc1)(C(F)(F)F)C(F)(F)F. The van der Waals surface area contributed by atoms with Crippen molar-refractivity contribution in [2.75, 3.05) is 6.54 Å². The van der Waals surface area contributed by atoms with E-state index in [2.05, 4.69) is 4.74 Å². The van der Waals surface area contributed by atoms with E-state index in [0.717, 1.165) is 12.1 Å². The Labute approximate surface area is 121 Å². The fourth-order valence-corrected chi connectivity index (χ4v) is 2.06. The zero-order chi connectivity index (χ0) is 17.2. The van der Waals surface area contributed by atoms with Crippen molar-refractivity contribution in [3.8, 4) is 5.75 Å². The second-order valence-electron chi connectivity index (χ2n) is 4.38. The molecule has 0 heterocycles. The number of carbonyl (C=O) groups excluding carboxylic acids is 1. The Hall–Kier alpha value is -1.97. The number of hydrogen-bond acceptors (Lipinski definition) is 3. The van der Waals surface area contributed by atoms with Gasteiger partial charge in [0, 0.05) is 0 Å². The van der Waals surface area contributed by atoms with Crippen LogP contribution < -0.4 is 16.2 Å². The summed E-state index contributed by atoms with van der Waals surface area (Å²) in [6, 6.07) is 2.75. The standard InChI is InChI=1S/C12H12F6N2O2/c13-11(14,15)10(5-6-19,12(16,17)18)7-1-3-8(4-2-7)22-9(20)21/h1-4H,5-6,19H2,(H2,20,21). The Balaban J connectivity index is 3.42. The van der Waals surface area contributed by atoms with Crippen LogP contribution in [0.4, 0.5) is 31.1 Å². The molecule has 0 aliphatic rings. The number of hydrogen-bond donors (Lipinski definition) is 2. The van der Waals surface area contributed by atoms with Gasteiger partial charge in [0.05, 0.1) is 0 Å². The predicted molar refractivity (Wildman–Crippen MR) is 64.1 cm³/mol. The van der Waals surface area contributed by atoms with E-state index in [1.165, 1.54) is 0 Å². The third kappa shape index (κ3) is 3.26. The van der Waals surface area contributed by atoms with E-state index >= 15 is 0 Å². The number of benzene rings is 1. The van der Waals surface area contributed by atoms with Crippen LogP contribution in [0.2, 0.25) is 0 Å². The highest BCUT2D eigenvalue weighted by atomic mass is 19.4. The minimum atomic E-state index is -5.60. The molecule has 1 amide bonds. The van der Waals surface area contributed by atoms with Gasteiger partial charge in [0.25, 0.3) is 0 Å². The Morgan fingerprint density at radius 2 is 1.45 bits per heavy atom. The molecule has 0 unspecified atom stereocenters. The molecule has 0 atom stereocenters. The number of primary amides is 1. The molecule has 124 valence electrons. The number of alkyl halides is 6. The first-order valence-corrected chi connectivity index (χ1v) is 5.87. The minimum Gasteiger partial charge on any atom is -0.411 e. The van der Waals surface area contributed by atoms with Gasteiger partial charge in [0.15, 0.2) is 5.41 Å². The largest absolute Gasteiger partial charge is 0.411 e. The van der Waals surface area contributed by atoms with Crippen LogP contribution in [0.3, 0.4) is 0 Å². The first-order chi connectivity index (χ1) is 9.95. The first-order valence-electron chi connectivity index (χ1n) is 5.87. The summed E-state index contributed by atoms with van der Waals surface area (Å²) < 4.78 is 83.4. The van der Waals surface area contributed by atoms with Crippen LogP contribution in [0, 0.1) is 0 Å². The fraction of sp³-hybridized carbons (Fsp3) is 0.417. The molecular weight excluding hydrogens is 318 g/mol. The zero-order valence-electron chi connectivity index (χ0n) is 11.0. The summed E-state index contributed by atoms with van der Waals surface area (Å²) in [6.45, 7) is -0.821. The molecule has 1 aromatic rings. The molecule has 0 bridgehead atoms. The molecule has 0 fully saturated rings. The molecule has 22 heavy (non-hydrogen) atoms. The Morgan fingerprint density at radius 3 is 1.77 bits per heavy atom. The fourth-order valence-electron chi connectivity index (χ4n) is 2.06. The van der Waals surface area contributed by atoms with E-state index in [9.17, 15) is 31.1 Å². The average Bonchev–Trinajstić information content (AvgIpc) is 2.33. The third-order valence-electron chi connectivity index (χ3n) is 3.05. The lowest BCUT2D eigenvalue weighted by atomic mass is 9.76. The summed E-state index contributed by atoms with van der Waals surface area (Å²) in [7, 11) is 0. The average molecular weight is 330 g/mol. The predicted octanol–water partition coefficient (Wildman–Crippen LogP) is 2.86. The van der Waals surface area contributed by atoms with Gasteiger partial charge in [-0.15, -0.1) is 0 Å². The highest BCUT2D eigenvalue weighted by molar-refractivity contribution is 5.68. The van der Waals surface area contributed by atoms with Crippen LogP contribution in [0.25, 0.3) is 0 Å². The molecule has 0 aromatic heterocycles. The molecule has 0 radical (unpaired) electrons. The van der Waals surface area contributed by atoms with Gasteiger partial charge in [-0.2, -0.15) is 26.3 Å². The Kier molecular flexibility index (Phi) is 4.96. The highest BCUT2D eigenvalue weighted by Crippen LogP contribution is 2.54. The second kappa shape index (κ2) is 6.03. The number of halogens is 6. The van der Waals surface area contributed by atoms with Crippen molar-refractivity contribution in [1.29, 1.82) is 0 Å². The van der Waals surface area contributed by atoms with Gasteiger partial charge in [-0.1, -0.05) is 12.1 Å². The van der Waals surface area contributed by atoms with Gasteiger partial charge in [0.2, 0.25) is 0 Å². The number of nitrogens with two attached hydrogens (primary N) is 2. The van der Waals surface area contributed by atoms with Crippen molar-refractivity contribution >= 4 is 6.09 Å². The van der Waals surface area contributed by atoms with Gasteiger partial charge >= 0.3 is 18.4 Å². The van der Waals surface area contributed by atoms with Crippen LogP contribution in [0.1, 0.15) is 12.0 Å². The number of amides is 1. The van der Waals surface area contributed by atoms with Crippen molar-refractivity contribution in [3.63, 3.8) is 0 Å². The molecule has 4 nitrogen and oxygen atoms in total. The van der Waals surface area contributed by atoms with Gasteiger partial charge in [0.1, 0.15) is 5.75 Å². The van der Waals surface area contributed by atoms with E-state index in [0.29, 0.717) is 12.1 Å². The van der Waals surface area contributed by atoms with E-state index in [1.807, 2.05) is 0 Å². The Bertz CT molecular complexity index is 510. The minimum absolute atomic E-state index is 0.276. The van der Waals surface area contributed by atoms with Gasteiger partial charge < -0.3 is 16.2 Å². The van der Waals surface area contributed by atoms with Crippen molar-refractivity contribution in [3.05, 3.63) is 29.8 Å². The lowest BCUT2D eigenvalue weighted by molar-refractivity contribution is -0.304. The van der Waals surface area contributed by atoms with Crippen molar-refractivity contribution in [2.45, 2.75) is 24.2 Å². The van der Waals surface area contributed by atoms with Crippen LogP contribution >= 0.6 is 0 Å². The van der Waals surface area contributed by atoms with Gasteiger partial charge in [-0.25, -0.2) is 4.79 Å². The molecule has 1 rings (SSSR count). The molecule has 1 aromatic carbocycles. The highest BCUT2D eigenvalue weighted by Gasteiger charge is 2.70. The number of carbonyl (C=O) groups is 1. The molecular formula is C12H12F6N2O2. The van der Waals surface area contributed by atoms with Gasteiger partial charge in [-0.05, 0) is 30.7 Å². The maximum atomic E-state index is 13.2. The third-order valence-corrected chi connectivity index (χ3v) is 3.05. The first kappa shape index (κ1) is 18.1. The summed E-state index contributed by atoms with van der Waals surface area (Å²) >= 11 is 0. The van der Waals surface area contributed by atoms with Crippen LogP contribution in [0.15, 0.2) is 24.3 Å². The quantitative estimate of drug-likeness (QED) is 0.833. The number of ether oxygens (including phenoxy) is 1. The normalized spacial score (nSPS) is 13.0. The van der Waals surface area contributed by atoms with Gasteiger partial charge in [-0.3, -0.25) is 0 Å². The second-order valence-corrected chi connectivity index (χ2v) is 4.38. The maximum Gasteiger partial charge on any atom is 0.409 e. The molecule has 0 aliphatic heterocycles. The van der Waals surface area contributed by atoms with Crippen LogP contribution in [-0.2, 0) is 5.41 Å². The molecule has 10 heteroatoms. The monoisotopic (exact) mass is 330 g/mol. The number of rotatable bonds is 4. The molecule has 0 spiro atoms. The summed E-state index contributed by atoms with van der Waals surface area (Å²) in [4.78, 5) is 10.5. The van der Waals surface area contributed by atoms with Crippen molar-refractivity contribution in [2.24, 2.45) is 11.5 Å². The van der Waals surface area contributed by atoms with Crippen molar-refractivity contribution in [1.82, 2.24) is 0 Å². The topological polar surface area (TPSA) is 78.3 Å². The Morgan fingerprint density at radius 1 is 1.00 bits per heavy atom. The molecule has 0 saturated heterocycles. The smallest absolute Gasteiger partial charge is 0.409 e. The summed E-state index contributed by atoms with van der Waals surface area (Å²) in [5, 5.41) is 0. The van der Waals surface area contributed by atoms with E-state index in [-0.39, 0.29) is 5.75 Å². The lowest BCUT2D eigenvalue weighted by Crippen LogP contribution is -2.55. The zero-order valence-corrected chi connectivity index (χ0v) is 11.0. The lowest BCUT2D eigenvalue weighted by Gasteiger charge is -2.37. The van der Waals surface area contributed by atoms with Crippen LogP contribution in [-0.4, -0.2) is 25.0 Å². The van der Waals surface area contributed by atoms with Crippen molar-refractivity contribution < 1.29 is 35.9 Å². The summed E-state index contributed by atoms with van der Waals surface area (Å²) in [6.07, 6.45) is -13.8. The molecule has 0 saturated carbocycles. The van der Waals surface area contributed by atoms with E-state index < -0.39 is 42.4 Å². The van der Waals surface area contributed by atoms with E-state index in [1.54, 1.807) is 0 Å². The van der Waals surface area contributed by atoms with Crippen LogP contribution in [0.5, 0.6) is 5.75 Å². The molecule has 4 N–H and O–H groups in total.